The lowest BCUT2D eigenvalue weighted by Crippen LogP contribution is -2.12. The predicted molar refractivity (Wildman–Crippen MR) is 45.7 cm³/mol. The van der Waals surface area contributed by atoms with Crippen molar-refractivity contribution >= 4 is 8.60 Å². The normalized spacial score (nSPS) is 12.6. The van der Waals surface area contributed by atoms with E-state index in [2.05, 4.69) is 12.5 Å². The van der Waals surface area contributed by atoms with E-state index < -0.39 is 8.60 Å². The Morgan fingerprint density at radius 2 is 0.800 bits per heavy atom. The minimum Gasteiger partial charge on any atom is -0.286 e. The summed E-state index contributed by atoms with van der Waals surface area (Å²) in [5, 5.41) is 0. The third-order valence-corrected chi connectivity index (χ3v) is 2.68. The second-order valence-corrected chi connectivity index (χ2v) is 5.18. The van der Waals surface area contributed by atoms with E-state index in [1.807, 2.05) is 42.7 Å². The molecule has 0 fully saturated rings. The quantitative estimate of drug-likeness (QED) is 0.448. The van der Waals surface area contributed by atoms with Gasteiger partial charge < -0.3 is 0 Å². The maximum atomic E-state index is 2.90. The van der Waals surface area contributed by atoms with Gasteiger partial charge in [0.1, 0.15) is 42.7 Å². The van der Waals surface area contributed by atoms with Crippen molar-refractivity contribution in [3.8, 4) is 0 Å². The van der Waals surface area contributed by atoms with Gasteiger partial charge in [0.15, 0.2) is 0 Å². The summed E-state index contributed by atoms with van der Waals surface area (Å²) in [6.45, 7) is 0. The lowest BCUT2D eigenvalue weighted by Gasteiger charge is -2.14. The monoisotopic (exact) mass is 169 g/mol. The molecule has 0 aliphatic heterocycles. The van der Waals surface area contributed by atoms with Gasteiger partial charge in [0.25, 0.3) is 0 Å². The summed E-state index contributed by atoms with van der Waals surface area (Å²) >= 11 is 0. The molecule has 4 heteroatoms. The molecule has 0 spiro atoms. The van der Waals surface area contributed by atoms with Crippen LogP contribution in [0.1, 0.15) is 0 Å². The van der Waals surface area contributed by atoms with E-state index in [4.69, 9.17) is 0 Å². The molecule has 0 radical (unpaired) electrons. The first-order chi connectivity index (χ1) is 4.46. The average Bonchev–Trinajstić information content (AvgIpc) is 1.59. The molecule has 3 nitrogen and oxygen atoms in total. The molecule has 0 aromatic rings. The van der Waals surface area contributed by atoms with Gasteiger partial charge in [-0.2, -0.15) is 0 Å². The van der Waals surface area contributed by atoms with Gasteiger partial charge in [-0.05, 0) is 0 Å². The first-order valence-corrected chi connectivity index (χ1v) is 4.09. The fraction of sp³-hybridized carbons (Fsp3) is 1.00. The Balaban J connectivity index is 3.98. The first kappa shape index (κ1) is 10.3. The van der Waals surface area contributed by atoms with Gasteiger partial charge in [-0.3, -0.25) is 12.5 Å². The molecule has 0 amide bonds. The van der Waals surface area contributed by atoms with Crippen molar-refractivity contribution in [2.75, 3.05) is 42.7 Å². The van der Waals surface area contributed by atoms with Crippen LogP contribution >= 0.6 is 8.60 Å². The van der Waals surface area contributed by atoms with Crippen LogP contribution in [-0.4, -0.2) is 42.7 Å². The molecule has 0 saturated carbocycles. The molecule has 0 aliphatic rings. The van der Waals surface area contributed by atoms with Gasteiger partial charge in [0, 0.05) is 0 Å². The van der Waals surface area contributed by atoms with Gasteiger partial charge in [0.2, 0.25) is 0 Å². The van der Waals surface area contributed by atoms with E-state index in [1.165, 1.54) is 0 Å². The van der Waals surface area contributed by atoms with E-state index in [1.54, 1.807) is 0 Å². The highest BCUT2D eigenvalue weighted by molar-refractivity contribution is 7.43. The molecular weight excluding hydrogens is 151 g/mol. The molecule has 0 unspecified atom stereocenters. The molecular formula is C6H18O3P+3. The molecule has 62 valence electrons. The summed E-state index contributed by atoms with van der Waals surface area (Å²) in [5.74, 6) is 0. The highest BCUT2D eigenvalue weighted by atomic mass is 31.2. The van der Waals surface area contributed by atoms with Crippen molar-refractivity contribution in [1.29, 1.82) is 0 Å². The van der Waals surface area contributed by atoms with Gasteiger partial charge >= 0.3 is 8.60 Å². The van der Waals surface area contributed by atoms with E-state index in [9.17, 15) is 0 Å². The zero-order valence-electron chi connectivity index (χ0n) is 7.67. The van der Waals surface area contributed by atoms with Gasteiger partial charge in [-0.15, -0.1) is 0 Å². The van der Waals surface area contributed by atoms with Crippen LogP contribution in [0.4, 0.5) is 0 Å². The van der Waals surface area contributed by atoms with Gasteiger partial charge in [-0.1, -0.05) is 0 Å². The summed E-state index contributed by atoms with van der Waals surface area (Å²) in [4.78, 5) is 0. The van der Waals surface area contributed by atoms with Crippen LogP contribution in [-0.2, 0) is 12.5 Å². The zero-order valence-corrected chi connectivity index (χ0v) is 8.57. The summed E-state index contributed by atoms with van der Waals surface area (Å²) in [6, 6.07) is 0. The summed E-state index contributed by atoms with van der Waals surface area (Å²) in [5.41, 5.74) is 0. The van der Waals surface area contributed by atoms with Crippen molar-refractivity contribution < 1.29 is 12.5 Å². The number of hydrogen-bond acceptors (Lipinski definition) is 0. The Morgan fingerprint density at radius 3 is 0.800 bits per heavy atom. The molecule has 0 rings (SSSR count). The fourth-order valence-electron chi connectivity index (χ4n) is 0.894. The smallest absolute Gasteiger partial charge is 0.286 e. The van der Waals surface area contributed by atoms with Gasteiger partial charge in [0.05, 0.1) is 0 Å². The molecule has 0 aliphatic carbocycles. The highest BCUT2D eigenvalue weighted by Crippen LogP contribution is 2.50. The Bertz CT molecular complexity index is 74.0. The molecule has 10 heavy (non-hydrogen) atoms. The Morgan fingerprint density at radius 1 is 0.600 bits per heavy atom. The third-order valence-electron chi connectivity index (χ3n) is 0.894. The van der Waals surface area contributed by atoms with Crippen molar-refractivity contribution in [1.82, 2.24) is 0 Å². The largest absolute Gasteiger partial charge is 0.919 e. The van der Waals surface area contributed by atoms with E-state index in [-0.39, 0.29) is 0 Å². The summed E-state index contributed by atoms with van der Waals surface area (Å²) < 4.78 is 8.69. The van der Waals surface area contributed by atoms with Gasteiger partial charge in [-0.25, -0.2) is 0 Å². The molecule has 0 N–H and O–H groups in total. The third kappa shape index (κ3) is 2.93. The lowest BCUT2D eigenvalue weighted by atomic mass is 11.5. The molecule has 0 heterocycles. The second-order valence-electron chi connectivity index (χ2n) is 2.54. The number of hydrogen-bond donors (Lipinski definition) is 0. The highest BCUT2D eigenvalue weighted by Gasteiger charge is 2.49. The van der Waals surface area contributed by atoms with Crippen LogP contribution in [0.25, 0.3) is 0 Å². The fourth-order valence-corrected chi connectivity index (χ4v) is 2.68. The summed E-state index contributed by atoms with van der Waals surface area (Å²) in [7, 11) is 11.4. The van der Waals surface area contributed by atoms with Crippen molar-refractivity contribution in [3.63, 3.8) is 0 Å². The van der Waals surface area contributed by atoms with Crippen molar-refractivity contribution in [3.05, 3.63) is 0 Å². The molecule has 0 saturated heterocycles. The maximum Gasteiger partial charge on any atom is 0.919 e. The Hall–Kier alpha value is 0.310. The standard InChI is InChI=1S/C6H18O3P/c1-7(2)10(8(3)4)9(5)6/h1-6H3/q+3. The SMILES string of the molecule is C[O+](C)P([O+](C)C)[O+](C)C. The topological polar surface area (TPSA) is 8.10 Å². The van der Waals surface area contributed by atoms with E-state index in [0.29, 0.717) is 0 Å². The average molecular weight is 169 g/mol. The Labute approximate surface area is 64.6 Å². The minimum atomic E-state index is -0.488. The zero-order chi connectivity index (χ0) is 8.31. The molecule has 0 aromatic carbocycles. The van der Waals surface area contributed by atoms with Crippen LogP contribution < -0.4 is 0 Å². The van der Waals surface area contributed by atoms with Crippen LogP contribution in [0.15, 0.2) is 0 Å². The molecule has 0 aromatic heterocycles. The lowest BCUT2D eigenvalue weighted by molar-refractivity contribution is -0.0560. The van der Waals surface area contributed by atoms with Crippen LogP contribution in [0.2, 0.25) is 0 Å². The van der Waals surface area contributed by atoms with Crippen LogP contribution in [0.5, 0.6) is 0 Å². The predicted octanol–water partition coefficient (Wildman–Crippen LogP) is 1.65. The molecule has 0 bridgehead atoms. The van der Waals surface area contributed by atoms with E-state index in [0.717, 1.165) is 0 Å². The number of rotatable bonds is 3. The van der Waals surface area contributed by atoms with E-state index >= 15 is 0 Å². The minimum absolute atomic E-state index is 0.488. The maximum absolute atomic E-state index is 2.90. The second kappa shape index (κ2) is 4.24. The molecule has 0 atom stereocenters. The first-order valence-electron chi connectivity index (χ1n) is 3.00. The van der Waals surface area contributed by atoms with Crippen molar-refractivity contribution in [2.45, 2.75) is 0 Å². The summed E-state index contributed by atoms with van der Waals surface area (Å²) in [6.07, 6.45) is 0. The van der Waals surface area contributed by atoms with Crippen LogP contribution in [0.3, 0.4) is 0 Å². The van der Waals surface area contributed by atoms with Crippen molar-refractivity contribution in [2.24, 2.45) is 0 Å². The van der Waals surface area contributed by atoms with Crippen LogP contribution in [0, 0.1) is 0 Å². The Kier molecular flexibility index (Phi) is 4.37.